The van der Waals surface area contributed by atoms with Gasteiger partial charge in [0.25, 0.3) is 0 Å². The third kappa shape index (κ3) is 1.71. The molecular formula is C13H16O3. The van der Waals surface area contributed by atoms with Crippen molar-refractivity contribution in [3.8, 4) is 0 Å². The SMILES string of the molecule is CCOC(=O)C1OC1(CC)c1ccccc1. The van der Waals surface area contributed by atoms with Gasteiger partial charge in [0.15, 0.2) is 6.10 Å². The number of benzene rings is 1. The van der Waals surface area contributed by atoms with Gasteiger partial charge in [-0.3, -0.25) is 0 Å². The summed E-state index contributed by atoms with van der Waals surface area (Å²) in [5.41, 5.74) is 0.601. The summed E-state index contributed by atoms with van der Waals surface area (Å²) >= 11 is 0. The molecule has 1 fully saturated rings. The number of rotatable bonds is 4. The van der Waals surface area contributed by atoms with Crippen LogP contribution >= 0.6 is 0 Å². The molecule has 0 N–H and O–H groups in total. The molecule has 2 atom stereocenters. The lowest BCUT2D eigenvalue weighted by Gasteiger charge is -2.09. The van der Waals surface area contributed by atoms with Gasteiger partial charge in [-0.2, -0.15) is 0 Å². The maximum absolute atomic E-state index is 11.6. The minimum absolute atomic E-state index is 0.256. The maximum Gasteiger partial charge on any atom is 0.338 e. The largest absolute Gasteiger partial charge is 0.464 e. The van der Waals surface area contributed by atoms with Gasteiger partial charge in [-0.05, 0) is 18.9 Å². The van der Waals surface area contributed by atoms with Crippen molar-refractivity contribution < 1.29 is 14.3 Å². The van der Waals surface area contributed by atoms with Crippen LogP contribution in [0.5, 0.6) is 0 Å². The van der Waals surface area contributed by atoms with Crippen molar-refractivity contribution >= 4 is 5.97 Å². The molecule has 1 saturated heterocycles. The highest BCUT2D eigenvalue weighted by atomic mass is 16.7. The quantitative estimate of drug-likeness (QED) is 0.577. The highest BCUT2D eigenvalue weighted by Crippen LogP contribution is 2.49. The Hall–Kier alpha value is -1.35. The molecule has 0 aromatic heterocycles. The summed E-state index contributed by atoms with van der Waals surface area (Å²) in [7, 11) is 0. The van der Waals surface area contributed by atoms with Crippen molar-refractivity contribution in [3.63, 3.8) is 0 Å². The molecule has 0 bridgehead atoms. The van der Waals surface area contributed by atoms with E-state index in [1.807, 2.05) is 37.3 Å². The van der Waals surface area contributed by atoms with Crippen LogP contribution in [0.3, 0.4) is 0 Å². The molecule has 0 saturated carbocycles. The van der Waals surface area contributed by atoms with Gasteiger partial charge in [-0.1, -0.05) is 37.3 Å². The number of hydrogen-bond donors (Lipinski definition) is 0. The zero-order valence-electron chi connectivity index (χ0n) is 9.60. The molecule has 1 heterocycles. The fourth-order valence-corrected chi connectivity index (χ4v) is 2.05. The summed E-state index contributed by atoms with van der Waals surface area (Å²) in [5.74, 6) is -0.256. The Labute approximate surface area is 95.4 Å². The fraction of sp³-hybridized carbons (Fsp3) is 0.462. The Kier molecular flexibility index (Phi) is 2.97. The molecular weight excluding hydrogens is 204 g/mol. The molecule has 1 aromatic rings. The van der Waals surface area contributed by atoms with E-state index in [0.717, 1.165) is 12.0 Å². The first-order chi connectivity index (χ1) is 7.74. The van der Waals surface area contributed by atoms with E-state index in [9.17, 15) is 4.79 Å². The third-order valence-corrected chi connectivity index (χ3v) is 2.98. The van der Waals surface area contributed by atoms with Gasteiger partial charge in [0.1, 0.15) is 5.60 Å². The Morgan fingerprint density at radius 2 is 2.06 bits per heavy atom. The predicted molar refractivity (Wildman–Crippen MR) is 59.9 cm³/mol. The average molecular weight is 220 g/mol. The fourth-order valence-electron chi connectivity index (χ4n) is 2.05. The van der Waals surface area contributed by atoms with E-state index >= 15 is 0 Å². The number of epoxide rings is 1. The van der Waals surface area contributed by atoms with Gasteiger partial charge >= 0.3 is 5.97 Å². The number of hydrogen-bond acceptors (Lipinski definition) is 3. The summed E-state index contributed by atoms with van der Waals surface area (Å²) in [4.78, 5) is 11.6. The number of carbonyl (C=O) groups excluding carboxylic acids is 1. The van der Waals surface area contributed by atoms with E-state index in [1.165, 1.54) is 0 Å². The van der Waals surface area contributed by atoms with E-state index in [0.29, 0.717) is 6.61 Å². The summed E-state index contributed by atoms with van der Waals surface area (Å²) in [6, 6.07) is 9.84. The number of ether oxygens (including phenoxy) is 2. The van der Waals surface area contributed by atoms with Crippen molar-refractivity contribution in [3.05, 3.63) is 35.9 Å². The summed E-state index contributed by atoms with van der Waals surface area (Å²) < 4.78 is 10.6. The lowest BCUT2D eigenvalue weighted by atomic mass is 9.93. The van der Waals surface area contributed by atoms with Crippen LogP contribution in [0.1, 0.15) is 25.8 Å². The first-order valence-corrected chi connectivity index (χ1v) is 5.64. The molecule has 0 aliphatic carbocycles. The van der Waals surface area contributed by atoms with E-state index in [2.05, 4.69) is 0 Å². The molecule has 0 spiro atoms. The van der Waals surface area contributed by atoms with Crippen LogP contribution in [0.15, 0.2) is 30.3 Å². The monoisotopic (exact) mass is 220 g/mol. The Bertz CT molecular complexity index is 374. The van der Waals surface area contributed by atoms with Crippen LogP contribution in [0.4, 0.5) is 0 Å². The molecule has 86 valence electrons. The molecule has 1 aliphatic rings. The van der Waals surface area contributed by atoms with Crippen molar-refractivity contribution in [2.45, 2.75) is 32.0 Å². The maximum atomic E-state index is 11.6. The first-order valence-electron chi connectivity index (χ1n) is 5.64. The second-order valence-electron chi connectivity index (χ2n) is 3.86. The zero-order valence-corrected chi connectivity index (χ0v) is 9.60. The van der Waals surface area contributed by atoms with Crippen molar-refractivity contribution in [2.24, 2.45) is 0 Å². The molecule has 16 heavy (non-hydrogen) atoms. The average Bonchev–Trinajstić information content (AvgIpc) is 3.07. The van der Waals surface area contributed by atoms with Crippen LogP contribution in [0.2, 0.25) is 0 Å². The summed E-state index contributed by atoms with van der Waals surface area (Å²) in [6.45, 7) is 4.22. The minimum Gasteiger partial charge on any atom is -0.464 e. The molecule has 2 rings (SSSR count). The molecule has 3 nitrogen and oxygen atoms in total. The summed E-state index contributed by atoms with van der Waals surface area (Å²) in [5, 5.41) is 0. The van der Waals surface area contributed by atoms with Crippen LogP contribution in [0.25, 0.3) is 0 Å². The van der Waals surface area contributed by atoms with E-state index in [-0.39, 0.29) is 5.97 Å². The molecule has 1 aromatic carbocycles. The van der Waals surface area contributed by atoms with Crippen LogP contribution in [-0.4, -0.2) is 18.7 Å². The Morgan fingerprint density at radius 1 is 1.38 bits per heavy atom. The van der Waals surface area contributed by atoms with Crippen LogP contribution in [-0.2, 0) is 19.9 Å². The Balaban J connectivity index is 2.17. The van der Waals surface area contributed by atoms with Gasteiger partial charge in [0, 0.05) is 0 Å². The van der Waals surface area contributed by atoms with Gasteiger partial charge < -0.3 is 9.47 Å². The highest BCUT2D eigenvalue weighted by Gasteiger charge is 2.61. The normalized spacial score (nSPS) is 27.5. The van der Waals surface area contributed by atoms with Crippen molar-refractivity contribution in [1.82, 2.24) is 0 Å². The molecule has 3 heteroatoms. The van der Waals surface area contributed by atoms with Gasteiger partial charge in [0.2, 0.25) is 0 Å². The molecule has 0 radical (unpaired) electrons. The van der Waals surface area contributed by atoms with Gasteiger partial charge in [0.05, 0.1) is 6.61 Å². The number of esters is 1. The standard InChI is InChI=1S/C13H16O3/c1-3-13(10-8-6-5-7-9-10)11(16-13)12(14)15-4-2/h5-9,11H,3-4H2,1-2H3. The smallest absolute Gasteiger partial charge is 0.338 e. The topological polar surface area (TPSA) is 38.8 Å². The zero-order chi connectivity index (χ0) is 11.6. The van der Waals surface area contributed by atoms with E-state index < -0.39 is 11.7 Å². The third-order valence-electron chi connectivity index (χ3n) is 2.98. The second-order valence-corrected chi connectivity index (χ2v) is 3.86. The van der Waals surface area contributed by atoms with Gasteiger partial charge in [-0.25, -0.2) is 4.79 Å². The predicted octanol–water partition coefficient (Wildman–Crippen LogP) is 2.25. The minimum atomic E-state index is -0.451. The first kappa shape index (κ1) is 11.1. The van der Waals surface area contributed by atoms with Crippen molar-refractivity contribution in [2.75, 3.05) is 6.61 Å². The highest BCUT2D eigenvalue weighted by molar-refractivity contribution is 5.80. The molecule has 1 aliphatic heterocycles. The molecule has 0 amide bonds. The summed E-state index contributed by atoms with van der Waals surface area (Å²) in [6.07, 6.45) is 0.348. The van der Waals surface area contributed by atoms with E-state index in [4.69, 9.17) is 9.47 Å². The van der Waals surface area contributed by atoms with Crippen molar-refractivity contribution in [1.29, 1.82) is 0 Å². The lowest BCUT2D eigenvalue weighted by Crippen LogP contribution is -2.20. The number of carbonyl (C=O) groups is 1. The van der Waals surface area contributed by atoms with Gasteiger partial charge in [-0.15, -0.1) is 0 Å². The lowest BCUT2D eigenvalue weighted by molar-refractivity contribution is -0.144. The van der Waals surface area contributed by atoms with Crippen LogP contribution < -0.4 is 0 Å². The Morgan fingerprint density at radius 3 is 2.62 bits per heavy atom. The van der Waals surface area contributed by atoms with E-state index in [1.54, 1.807) is 6.92 Å². The van der Waals surface area contributed by atoms with Crippen LogP contribution in [0, 0.1) is 0 Å². The molecule has 2 unspecified atom stereocenters. The second kappa shape index (κ2) is 4.26.